The summed E-state index contributed by atoms with van der Waals surface area (Å²) in [6.07, 6.45) is 6.40. The molecule has 0 saturated carbocycles. The first kappa shape index (κ1) is 17.6. The topological polar surface area (TPSA) is 55.8 Å². The molecule has 3 aliphatic heterocycles. The van der Waals surface area contributed by atoms with Gasteiger partial charge in [-0.15, -0.1) is 0 Å². The van der Waals surface area contributed by atoms with E-state index in [9.17, 15) is 9.59 Å². The number of benzene rings is 1. The Hall–Kier alpha value is -1.85. The zero-order valence-corrected chi connectivity index (χ0v) is 15.4. The standard InChI is InChI=1S/C20H22ClNO4/c1-2-3-4-11-25-19(24)16-15-9-10-20(26-15)12-22(18(23)17(16)20)14-7-5-13(21)6-8-14/h5-10,15-17H,2-4,11-12H2,1H3/t15-,16+,17+,20-/m1/s1. The van der Waals surface area contributed by atoms with Gasteiger partial charge in [0.1, 0.15) is 11.5 Å². The van der Waals surface area contributed by atoms with Gasteiger partial charge in [-0.3, -0.25) is 9.59 Å². The van der Waals surface area contributed by atoms with Crippen LogP contribution >= 0.6 is 11.6 Å². The Kier molecular flexibility index (Phi) is 4.53. The molecule has 3 heterocycles. The fourth-order valence-corrected chi connectivity index (χ4v) is 4.35. The van der Waals surface area contributed by atoms with E-state index in [0.29, 0.717) is 18.2 Å². The van der Waals surface area contributed by atoms with Crippen LogP contribution in [0.1, 0.15) is 26.2 Å². The Morgan fingerprint density at radius 2 is 2.12 bits per heavy atom. The van der Waals surface area contributed by atoms with Gasteiger partial charge in [0.15, 0.2) is 0 Å². The summed E-state index contributed by atoms with van der Waals surface area (Å²) in [5.74, 6) is -1.50. The summed E-state index contributed by atoms with van der Waals surface area (Å²) >= 11 is 5.95. The van der Waals surface area contributed by atoms with E-state index < -0.39 is 17.4 Å². The molecule has 2 fully saturated rings. The maximum atomic E-state index is 13.1. The molecule has 138 valence electrons. The molecule has 0 N–H and O–H groups in total. The van der Waals surface area contributed by atoms with Crippen LogP contribution < -0.4 is 4.90 Å². The lowest BCUT2D eigenvalue weighted by atomic mass is 9.77. The van der Waals surface area contributed by atoms with Crippen LogP contribution in [0.5, 0.6) is 0 Å². The largest absolute Gasteiger partial charge is 0.465 e. The van der Waals surface area contributed by atoms with Crippen LogP contribution in [0.4, 0.5) is 5.69 Å². The third kappa shape index (κ3) is 2.74. The molecule has 1 spiro atoms. The van der Waals surface area contributed by atoms with Crippen molar-refractivity contribution in [2.75, 3.05) is 18.1 Å². The Morgan fingerprint density at radius 1 is 1.35 bits per heavy atom. The maximum Gasteiger partial charge on any atom is 0.312 e. The highest BCUT2D eigenvalue weighted by Crippen LogP contribution is 2.52. The SMILES string of the molecule is CCCCCOC(=O)[C@@H]1[C@H]2C(=O)N(c3ccc(Cl)cc3)C[C@]23C=C[C@H]1O3. The minimum absolute atomic E-state index is 0.0883. The van der Waals surface area contributed by atoms with Crippen molar-refractivity contribution in [1.82, 2.24) is 0 Å². The molecule has 1 aromatic carbocycles. The van der Waals surface area contributed by atoms with E-state index in [1.54, 1.807) is 17.0 Å². The second-order valence-corrected chi connectivity index (χ2v) is 7.61. The predicted molar refractivity (Wildman–Crippen MR) is 98.0 cm³/mol. The lowest BCUT2D eigenvalue weighted by molar-refractivity contribution is -0.152. The lowest BCUT2D eigenvalue weighted by Gasteiger charge is -2.22. The van der Waals surface area contributed by atoms with E-state index in [1.165, 1.54) is 0 Å². The molecular weight excluding hydrogens is 354 g/mol. The van der Waals surface area contributed by atoms with Crippen LogP contribution in [0.15, 0.2) is 36.4 Å². The summed E-state index contributed by atoms with van der Waals surface area (Å²) in [6, 6.07) is 7.13. The molecule has 1 aromatic rings. The van der Waals surface area contributed by atoms with Gasteiger partial charge in [-0.25, -0.2) is 0 Å². The number of hydrogen-bond acceptors (Lipinski definition) is 4. The Bertz CT molecular complexity index is 747. The summed E-state index contributed by atoms with van der Waals surface area (Å²) in [5, 5.41) is 0.615. The van der Waals surface area contributed by atoms with E-state index in [2.05, 4.69) is 6.92 Å². The molecule has 4 atom stereocenters. The van der Waals surface area contributed by atoms with Crippen molar-refractivity contribution >= 4 is 29.2 Å². The third-order valence-electron chi connectivity index (χ3n) is 5.50. The molecular formula is C20H22ClNO4. The van der Waals surface area contributed by atoms with Crippen LogP contribution in [-0.2, 0) is 19.1 Å². The molecule has 0 aliphatic carbocycles. The molecule has 0 radical (unpaired) electrons. The quantitative estimate of drug-likeness (QED) is 0.434. The molecule has 6 heteroatoms. The van der Waals surface area contributed by atoms with Gasteiger partial charge in [-0.05, 0) is 30.7 Å². The van der Waals surface area contributed by atoms with Crippen LogP contribution in [-0.4, -0.2) is 36.7 Å². The summed E-state index contributed by atoms with van der Waals surface area (Å²) < 4.78 is 11.5. The van der Waals surface area contributed by atoms with Gasteiger partial charge in [0.05, 0.1) is 25.2 Å². The van der Waals surface area contributed by atoms with Gasteiger partial charge < -0.3 is 14.4 Å². The number of fused-ring (bicyclic) bond motifs is 1. The molecule has 1 amide bonds. The van der Waals surface area contributed by atoms with Crippen molar-refractivity contribution in [3.8, 4) is 0 Å². The van der Waals surface area contributed by atoms with E-state index in [0.717, 1.165) is 24.9 Å². The highest BCUT2D eigenvalue weighted by molar-refractivity contribution is 6.30. The van der Waals surface area contributed by atoms with Crippen LogP contribution in [0, 0.1) is 11.8 Å². The predicted octanol–water partition coefficient (Wildman–Crippen LogP) is 3.36. The fourth-order valence-electron chi connectivity index (χ4n) is 4.23. The Labute approximate surface area is 157 Å². The molecule has 26 heavy (non-hydrogen) atoms. The van der Waals surface area contributed by atoms with Gasteiger partial charge >= 0.3 is 5.97 Å². The number of amides is 1. The average molecular weight is 376 g/mol. The second kappa shape index (κ2) is 6.71. The van der Waals surface area contributed by atoms with Crippen molar-refractivity contribution in [3.05, 3.63) is 41.4 Å². The van der Waals surface area contributed by atoms with Crippen LogP contribution in [0.25, 0.3) is 0 Å². The van der Waals surface area contributed by atoms with Crippen molar-refractivity contribution in [2.24, 2.45) is 11.8 Å². The summed E-state index contributed by atoms with van der Waals surface area (Å²) in [6.45, 7) is 2.90. The molecule has 3 aliphatic rings. The van der Waals surface area contributed by atoms with Gasteiger partial charge in [-0.2, -0.15) is 0 Å². The average Bonchev–Trinajstić information content (AvgIpc) is 3.28. The van der Waals surface area contributed by atoms with Crippen molar-refractivity contribution < 1.29 is 19.1 Å². The number of hydrogen-bond donors (Lipinski definition) is 0. The molecule has 4 rings (SSSR count). The molecule has 2 bridgehead atoms. The number of nitrogens with zero attached hydrogens (tertiary/aromatic N) is 1. The first-order valence-corrected chi connectivity index (χ1v) is 9.54. The number of anilines is 1. The second-order valence-electron chi connectivity index (χ2n) is 7.18. The van der Waals surface area contributed by atoms with E-state index in [4.69, 9.17) is 21.1 Å². The number of rotatable bonds is 6. The summed E-state index contributed by atoms with van der Waals surface area (Å²) in [7, 11) is 0. The third-order valence-corrected chi connectivity index (χ3v) is 5.75. The first-order valence-electron chi connectivity index (χ1n) is 9.16. The van der Waals surface area contributed by atoms with Gasteiger partial charge in [0, 0.05) is 10.7 Å². The highest BCUT2D eigenvalue weighted by Gasteiger charge is 2.67. The number of halogens is 1. The number of unbranched alkanes of at least 4 members (excludes halogenated alkanes) is 2. The fraction of sp³-hybridized carbons (Fsp3) is 0.500. The van der Waals surface area contributed by atoms with Crippen LogP contribution in [0.2, 0.25) is 5.02 Å². The first-order chi connectivity index (χ1) is 12.6. The zero-order chi connectivity index (χ0) is 18.3. The normalized spacial score (nSPS) is 31.5. The number of esters is 1. The summed E-state index contributed by atoms with van der Waals surface area (Å²) in [5.41, 5.74) is 0.0350. The van der Waals surface area contributed by atoms with E-state index >= 15 is 0 Å². The van der Waals surface area contributed by atoms with Crippen molar-refractivity contribution in [2.45, 2.75) is 37.9 Å². The smallest absolute Gasteiger partial charge is 0.312 e. The van der Waals surface area contributed by atoms with Gasteiger partial charge in [0.2, 0.25) is 5.91 Å². The zero-order valence-electron chi connectivity index (χ0n) is 14.7. The number of carbonyl (C=O) groups is 2. The molecule has 2 saturated heterocycles. The Balaban J connectivity index is 1.53. The monoisotopic (exact) mass is 375 g/mol. The minimum Gasteiger partial charge on any atom is -0.465 e. The minimum atomic E-state index is -0.728. The van der Waals surface area contributed by atoms with E-state index in [-0.39, 0.29) is 18.0 Å². The van der Waals surface area contributed by atoms with E-state index in [1.807, 2.05) is 24.3 Å². The van der Waals surface area contributed by atoms with Gasteiger partial charge in [0.25, 0.3) is 0 Å². The highest BCUT2D eigenvalue weighted by atomic mass is 35.5. The lowest BCUT2D eigenvalue weighted by Crippen LogP contribution is -2.40. The summed E-state index contributed by atoms with van der Waals surface area (Å²) in [4.78, 5) is 27.5. The van der Waals surface area contributed by atoms with Gasteiger partial charge in [-0.1, -0.05) is 43.5 Å². The van der Waals surface area contributed by atoms with Crippen molar-refractivity contribution in [1.29, 1.82) is 0 Å². The number of ether oxygens (including phenoxy) is 2. The molecule has 0 unspecified atom stereocenters. The molecule has 5 nitrogen and oxygen atoms in total. The maximum absolute atomic E-state index is 13.1. The van der Waals surface area contributed by atoms with Crippen molar-refractivity contribution in [3.63, 3.8) is 0 Å². The number of carbonyl (C=O) groups excluding carboxylic acids is 2. The molecule has 0 aromatic heterocycles. The Morgan fingerprint density at radius 3 is 2.85 bits per heavy atom. The van der Waals surface area contributed by atoms with Crippen LogP contribution in [0.3, 0.4) is 0 Å².